The molecule has 1 saturated heterocycles. The Kier molecular flexibility index (Phi) is 9.84. The van der Waals surface area contributed by atoms with Crippen molar-refractivity contribution >= 4 is 34.4 Å². The number of piperazine rings is 1. The van der Waals surface area contributed by atoms with Gasteiger partial charge in [-0.1, -0.05) is 12.1 Å². The van der Waals surface area contributed by atoms with Gasteiger partial charge in [0.15, 0.2) is 11.5 Å². The standard InChI is InChI=1S/C32H38F3N9O3/c1-5-15-43-28(45)24-21-37-29(40-27(24)44(43)26-9-6-8-25(39-26)32(33,34)35)38-22-10-12-23(13-11-22)42-19-17-41(18-20-42)16-7-14-36-30(46)47-31(2,3)4/h5-6,8-13,21H,1,7,14-20H2,2-4H3,(H,36,46)(H,37,38,40). The Morgan fingerprint density at radius 1 is 1.04 bits per heavy atom. The number of ether oxygens (including phenoxy) is 1. The molecule has 4 aromatic rings. The third-order valence-electron chi connectivity index (χ3n) is 7.40. The zero-order valence-electron chi connectivity index (χ0n) is 26.5. The van der Waals surface area contributed by atoms with E-state index in [4.69, 9.17) is 4.74 Å². The van der Waals surface area contributed by atoms with Crippen LogP contribution in [0.4, 0.5) is 35.3 Å². The molecule has 3 aromatic heterocycles. The summed E-state index contributed by atoms with van der Waals surface area (Å²) in [5.41, 5.74) is -0.220. The topological polar surface area (TPSA) is 122 Å². The van der Waals surface area contributed by atoms with Gasteiger partial charge in [-0.2, -0.15) is 18.2 Å². The average Bonchev–Trinajstić information content (AvgIpc) is 3.29. The van der Waals surface area contributed by atoms with E-state index in [0.717, 1.165) is 50.9 Å². The largest absolute Gasteiger partial charge is 0.444 e. The maximum atomic E-state index is 13.4. The number of carbonyl (C=O) groups is 1. The first kappa shape index (κ1) is 33.4. The number of halogens is 3. The van der Waals surface area contributed by atoms with Crippen LogP contribution in [-0.4, -0.2) is 80.2 Å². The summed E-state index contributed by atoms with van der Waals surface area (Å²) < 4.78 is 48.0. The molecule has 0 bridgehead atoms. The van der Waals surface area contributed by atoms with E-state index in [1.807, 2.05) is 45.0 Å². The smallest absolute Gasteiger partial charge is 0.433 e. The molecule has 1 fully saturated rings. The number of hydrogen-bond donors (Lipinski definition) is 2. The van der Waals surface area contributed by atoms with Gasteiger partial charge in [0.2, 0.25) is 5.95 Å². The van der Waals surface area contributed by atoms with Gasteiger partial charge in [0, 0.05) is 50.3 Å². The molecule has 1 aliphatic rings. The van der Waals surface area contributed by atoms with Crippen LogP contribution in [0, 0.1) is 0 Å². The molecule has 15 heteroatoms. The van der Waals surface area contributed by atoms with E-state index >= 15 is 0 Å². The van der Waals surface area contributed by atoms with Gasteiger partial charge in [0.25, 0.3) is 5.56 Å². The first-order valence-corrected chi connectivity index (χ1v) is 15.3. The average molecular weight is 654 g/mol. The van der Waals surface area contributed by atoms with Crippen molar-refractivity contribution in [1.82, 2.24) is 34.5 Å². The number of hydrogen-bond acceptors (Lipinski definition) is 9. The van der Waals surface area contributed by atoms with E-state index in [1.165, 1.54) is 33.8 Å². The van der Waals surface area contributed by atoms with Gasteiger partial charge in [-0.05, 0) is 70.1 Å². The van der Waals surface area contributed by atoms with Crippen LogP contribution in [0.25, 0.3) is 16.9 Å². The third-order valence-corrected chi connectivity index (χ3v) is 7.40. The van der Waals surface area contributed by atoms with Crippen molar-refractivity contribution in [3.8, 4) is 5.82 Å². The van der Waals surface area contributed by atoms with Crippen LogP contribution in [0.2, 0.25) is 0 Å². The molecule has 2 N–H and O–H groups in total. The van der Waals surface area contributed by atoms with Gasteiger partial charge in [0.05, 0.1) is 6.54 Å². The molecule has 0 radical (unpaired) electrons. The lowest BCUT2D eigenvalue weighted by atomic mass is 10.2. The minimum Gasteiger partial charge on any atom is -0.444 e. The number of pyridine rings is 1. The van der Waals surface area contributed by atoms with E-state index in [2.05, 4.69) is 42.0 Å². The van der Waals surface area contributed by atoms with Crippen molar-refractivity contribution in [3.05, 3.63) is 77.4 Å². The predicted molar refractivity (Wildman–Crippen MR) is 173 cm³/mol. The van der Waals surface area contributed by atoms with E-state index in [0.29, 0.717) is 12.2 Å². The van der Waals surface area contributed by atoms with Crippen LogP contribution in [0.3, 0.4) is 0 Å². The first-order chi connectivity index (χ1) is 22.3. The maximum Gasteiger partial charge on any atom is 0.433 e. The van der Waals surface area contributed by atoms with Crippen LogP contribution in [0.15, 0.2) is 66.1 Å². The third kappa shape index (κ3) is 8.27. The highest BCUT2D eigenvalue weighted by Crippen LogP contribution is 2.29. The Balaban J connectivity index is 1.23. The van der Waals surface area contributed by atoms with Crippen molar-refractivity contribution in [3.63, 3.8) is 0 Å². The number of amides is 1. The number of nitrogens with zero attached hydrogens (tertiary/aromatic N) is 7. The molecular weight excluding hydrogens is 615 g/mol. The number of allylic oxidation sites excluding steroid dienone is 1. The number of nitrogens with one attached hydrogen (secondary N) is 2. The highest BCUT2D eigenvalue weighted by Gasteiger charge is 2.33. The summed E-state index contributed by atoms with van der Waals surface area (Å²) in [6.45, 7) is 14.1. The fourth-order valence-electron chi connectivity index (χ4n) is 5.23. The van der Waals surface area contributed by atoms with Crippen LogP contribution >= 0.6 is 0 Å². The summed E-state index contributed by atoms with van der Waals surface area (Å²) in [6, 6.07) is 11.2. The number of alkyl halides is 3. The van der Waals surface area contributed by atoms with Crippen molar-refractivity contribution in [1.29, 1.82) is 0 Å². The zero-order chi connectivity index (χ0) is 33.8. The summed E-state index contributed by atoms with van der Waals surface area (Å²) >= 11 is 0. The summed E-state index contributed by atoms with van der Waals surface area (Å²) in [4.78, 5) is 42.1. The van der Waals surface area contributed by atoms with Gasteiger partial charge < -0.3 is 20.3 Å². The fraction of sp³-hybridized carbons (Fsp3) is 0.406. The van der Waals surface area contributed by atoms with Gasteiger partial charge in [-0.25, -0.2) is 24.1 Å². The second kappa shape index (κ2) is 13.8. The Morgan fingerprint density at radius 2 is 1.77 bits per heavy atom. The van der Waals surface area contributed by atoms with E-state index in [-0.39, 0.29) is 29.3 Å². The van der Waals surface area contributed by atoms with E-state index in [1.54, 1.807) is 0 Å². The maximum absolute atomic E-state index is 13.4. The minimum atomic E-state index is -4.66. The van der Waals surface area contributed by atoms with E-state index < -0.39 is 29.1 Å². The molecule has 0 saturated carbocycles. The molecule has 0 unspecified atom stereocenters. The number of alkyl carbamates (subject to hydrolysis) is 1. The highest BCUT2D eigenvalue weighted by molar-refractivity contribution is 5.77. The number of anilines is 3. The van der Waals surface area contributed by atoms with Crippen LogP contribution in [0.1, 0.15) is 32.9 Å². The molecule has 1 amide bonds. The van der Waals surface area contributed by atoms with Crippen molar-refractivity contribution in [2.24, 2.45) is 0 Å². The molecule has 0 aliphatic carbocycles. The van der Waals surface area contributed by atoms with Crippen molar-refractivity contribution in [2.75, 3.05) is 49.5 Å². The summed E-state index contributed by atoms with van der Waals surface area (Å²) in [5, 5.41) is 6.05. The molecule has 1 aliphatic heterocycles. The van der Waals surface area contributed by atoms with Crippen LogP contribution < -0.4 is 21.1 Å². The predicted octanol–water partition coefficient (Wildman–Crippen LogP) is 4.96. The fourth-order valence-corrected chi connectivity index (χ4v) is 5.23. The Labute approximate surface area is 269 Å². The molecule has 47 heavy (non-hydrogen) atoms. The highest BCUT2D eigenvalue weighted by atomic mass is 19.4. The number of rotatable bonds is 10. The molecular formula is C32H38F3N9O3. The van der Waals surface area contributed by atoms with Gasteiger partial charge in [0.1, 0.15) is 16.7 Å². The molecule has 0 atom stereocenters. The quantitative estimate of drug-likeness (QED) is 0.181. The molecule has 4 heterocycles. The van der Waals surface area contributed by atoms with Gasteiger partial charge >= 0.3 is 12.3 Å². The second-order valence-electron chi connectivity index (χ2n) is 12.1. The Bertz CT molecular complexity index is 1770. The lowest BCUT2D eigenvalue weighted by molar-refractivity contribution is -0.141. The molecule has 0 spiro atoms. The first-order valence-electron chi connectivity index (χ1n) is 15.3. The monoisotopic (exact) mass is 653 g/mol. The molecule has 250 valence electrons. The normalized spacial score (nSPS) is 14.3. The Morgan fingerprint density at radius 3 is 2.43 bits per heavy atom. The summed E-state index contributed by atoms with van der Waals surface area (Å²) in [7, 11) is 0. The molecule has 5 rings (SSSR count). The van der Waals surface area contributed by atoms with Crippen molar-refractivity contribution in [2.45, 2.75) is 45.5 Å². The van der Waals surface area contributed by atoms with Crippen LogP contribution in [-0.2, 0) is 17.5 Å². The number of carbonyl (C=O) groups excluding carboxylic acids is 1. The summed E-state index contributed by atoms with van der Waals surface area (Å²) in [5.74, 6) is 0.0526. The second-order valence-corrected chi connectivity index (χ2v) is 12.1. The van der Waals surface area contributed by atoms with Crippen molar-refractivity contribution < 1.29 is 22.7 Å². The SMILES string of the molecule is C=CCn1c(=O)c2cnc(Nc3ccc(N4CCN(CCCNC(=O)OC(C)(C)C)CC4)cc3)nc2n1-c1cccc(C(F)(F)F)n1. The zero-order valence-corrected chi connectivity index (χ0v) is 26.5. The molecule has 12 nitrogen and oxygen atoms in total. The minimum absolute atomic E-state index is 0.0247. The summed E-state index contributed by atoms with van der Waals surface area (Å²) in [6.07, 6.45) is -1.42. The lowest BCUT2D eigenvalue weighted by Gasteiger charge is -2.36. The van der Waals surface area contributed by atoms with E-state index in [9.17, 15) is 22.8 Å². The van der Waals surface area contributed by atoms with Gasteiger partial charge in [-0.3, -0.25) is 9.69 Å². The van der Waals surface area contributed by atoms with Crippen LogP contribution in [0.5, 0.6) is 0 Å². The number of aromatic nitrogens is 5. The number of fused-ring (bicyclic) bond motifs is 1. The Hall–Kier alpha value is -4.92. The lowest BCUT2D eigenvalue weighted by Crippen LogP contribution is -2.47. The number of benzene rings is 1. The molecule has 1 aromatic carbocycles. The van der Waals surface area contributed by atoms with Gasteiger partial charge in [-0.15, -0.1) is 6.58 Å².